The predicted molar refractivity (Wildman–Crippen MR) is 203 cm³/mol. The molecule has 0 heterocycles. The number of hydrogen-bond donors (Lipinski definition) is 0. The summed E-state index contributed by atoms with van der Waals surface area (Å²) in [7, 11) is 0. The van der Waals surface area contributed by atoms with Gasteiger partial charge in [-0.3, -0.25) is 4.79 Å². The van der Waals surface area contributed by atoms with E-state index in [1.165, 1.54) is 99.3 Å². The van der Waals surface area contributed by atoms with Gasteiger partial charge in [-0.2, -0.15) is 0 Å². The van der Waals surface area contributed by atoms with Gasteiger partial charge in [0, 0.05) is 25.1 Å². The van der Waals surface area contributed by atoms with E-state index in [0.717, 1.165) is 37.1 Å². The molecule has 0 bridgehead atoms. The third-order valence-electron chi connectivity index (χ3n) is 11.7. The SMILES string of the molecule is Clc1ccc(Br)cc1Cc1ccc(C2CCC3(CC2)CC3)cc1.O=C(c1ccc(C2CCC3(CC2)CC3)cc1)c1cc(Br)ccc1Cl. The minimum absolute atomic E-state index is 0.0200. The molecule has 244 valence electrons. The Hall–Kier alpha value is -1.91. The summed E-state index contributed by atoms with van der Waals surface area (Å²) in [4.78, 5) is 12.7. The summed E-state index contributed by atoms with van der Waals surface area (Å²) in [6.07, 6.45) is 17.8. The largest absolute Gasteiger partial charge is 0.289 e. The van der Waals surface area contributed by atoms with E-state index < -0.39 is 0 Å². The number of rotatable bonds is 6. The van der Waals surface area contributed by atoms with E-state index in [9.17, 15) is 4.79 Å². The molecule has 0 N–H and O–H groups in total. The van der Waals surface area contributed by atoms with Crippen molar-refractivity contribution in [1.82, 2.24) is 0 Å². The van der Waals surface area contributed by atoms with E-state index in [4.69, 9.17) is 23.2 Å². The maximum atomic E-state index is 12.7. The Morgan fingerprint density at radius 3 is 1.57 bits per heavy atom. The van der Waals surface area contributed by atoms with Crippen LogP contribution >= 0.6 is 55.1 Å². The first-order valence-electron chi connectivity index (χ1n) is 17.3. The van der Waals surface area contributed by atoms with Gasteiger partial charge in [-0.1, -0.05) is 104 Å². The lowest BCUT2D eigenvalue weighted by Gasteiger charge is -2.28. The van der Waals surface area contributed by atoms with Crippen molar-refractivity contribution in [3.8, 4) is 0 Å². The minimum atomic E-state index is -0.0200. The zero-order chi connectivity index (χ0) is 32.6. The Labute approximate surface area is 307 Å². The summed E-state index contributed by atoms with van der Waals surface area (Å²) in [5.74, 6) is 1.42. The molecule has 2 spiro atoms. The van der Waals surface area contributed by atoms with Gasteiger partial charge in [0.2, 0.25) is 0 Å². The molecule has 4 aliphatic carbocycles. The highest BCUT2D eigenvalue weighted by atomic mass is 79.9. The number of hydrogen-bond acceptors (Lipinski definition) is 1. The molecule has 47 heavy (non-hydrogen) atoms. The van der Waals surface area contributed by atoms with Crippen molar-refractivity contribution >= 4 is 60.8 Å². The first-order chi connectivity index (χ1) is 22.7. The first kappa shape index (κ1) is 33.6. The molecule has 4 aromatic rings. The minimum Gasteiger partial charge on any atom is -0.289 e. The van der Waals surface area contributed by atoms with E-state index in [2.05, 4.69) is 74.3 Å². The zero-order valence-corrected chi connectivity index (χ0v) is 31.5. The van der Waals surface area contributed by atoms with Gasteiger partial charge in [0.05, 0.1) is 5.02 Å². The van der Waals surface area contributed by atoms with Crippen molar-refractivity contribution in [2.24, 2.45) is 10.8 Å². The fourth-order valence-corrected chi connectivity index (χ4v) is 9.18. The molecule has 8 rings (SSSR count). The van der Waals surface area contributed by atoms with Gasteiger partial charge in [-0.05, 0) is 165 Å². The second-order valence-electron chi connectivity index (χ2n) is 14.8. The van der Waals surface area contributed by atoms with Crippen molar-refractivity contribution in [1.29, 1.82) is 0 Å². The summed E-state index contributed by atoms with van der Waals surface area (Å²) in [5.41, 5.74) is 8.19. The Morgan fingerprint density at radius 2 is 1.06 bits per heavy atom. The van der Waals surface area contributed by atoms with Gasteiger partial charge in [0.1, 0.15) is 0 Å². The van der Waals surface area contributed by atoms with Crippen molar-refractivity contribution in [3.05, 3.63) is 137 Å². The summed E-state index contributed by atoms with van der Waals surface area (Å²) < 4.78 is 1.95. The van der Waals surface area contributed by atoms with Crippen LogP contribution in [0.2, 0.25) is 10.0 Å². The van der Waals surface area contributed by atoms with Crippen molar-refractivity contribution < 1.29 is 4.79 Å². The molecule has 1 nitrogen and oxygen atoms in total. The lowest BCUT2D eigenvalue weighted by Crippen LogP contribution is -2.14. The normalized spacial score (nSPS) is 20.8. The van der Waals surface area contributed by atoms with Crippen LogP contribution in [0.4, 0.5) is 0 Å². The van der Waals surface area contributed by atoms with E-state index in [0.29, 0.717) is 22.1 Å². The number of halogens is 4. The Morgan fingerprint density at radius 1 is 0.596 bits per heavy atom. The van der Waals surface area contributed by atoms with Gasteiger partial charge >= 0.3 is 0 Å². The molecule has 0 aliphatic heterocycles. The third kappa shape index (κ3) is 8.12. The summed E-state index contributed by atoms with van der Waals surface area (Å²) >= 11 is 19.4. The molecule has 4 aromatic carbocycles. The van der Waals surface area contributed by atoms with Crippen LogP contribution in [0.5, 0.6) is 0 Å². The molecule has 4 fully saturated rings. The van der Waals surface area contributed by atoms with Gasteiger partial charge in [-0.15, -0.1) is 0 Å². The Bertz CT molecular complexity index is 1720. The average Bonchev–Trinajstić information content (AvgIpc) is 4.03. The van der Waals surface area contributed by atoms with Crippen molar-refractivity contribution in [2.75, 3.05) is 0 Å². The lowest BCUT2D eigenvalue weighted by molar-refractivity contribution is 0.103. The summed E-state index contributed by atoms with van der Waals surface area (Å²) in [5, 5.41) is 1.34. The molecule has 4 aliphatic rings. The second kappa shape index (κ2) is 14.1. The van der Waals surface area contributed by atoms with Gasteiger partial charge < -0.3 is 0 Å². The van der Waals surface area contributed by atoms with Crippen LogP contribution in [-0.2, 0) is 6.42 Å². The Balaban J connectivity index is 0.000000150. The molecule has 0 amide bonds. The van der Waals surface area contributed by atoms with Crippen LogP contribution in [0.25, 0.3) is 0 Å². The molecule has 5 heteroatoms. The molecule has 0 aromatic heterocycles. The first-order valence-corrected chi connectivity index (χ1v) is 19.7. The fourth-order valence-electron chi connectivity index (χ4n) is 8.02. The van der Waals surface area contributed by atoms with Gasteiger partial charge in [-0.25, -0.2) is 0 Å². The number of carbonyl (C=O) groups excluding carboxylic acids is 1. The van der Waals surface area contributed by atoms with Gasteiger partial charge in [0.15, 0.2) is 5.78 Å². The fraction of sp³-hybridized carbons (Fsp3) is 0.405. The topological polar surface area (TPSA) is 17.1 Å². The van der Waals surface area contributed by atoms with Crippen LogP contribution < -0.4 is 0 Å². The summed E-state index contributed by atoms with van der Waals surface area (Å²) in [6, 6.07) is 28.9. The number of ketones is 1. The van der Waals surface area contributed by atoms with Crippen LogP contribution in [0.15, 0.2) is 93.9 Å². The smallest absolute Gasteiger partial charge is 0.194 e. The number of carbonyl (C=O) groups is 1. The van der Waals surface area contributed by atoms with Crippen molar-refractivity contribution in [3.63, 3.8) is 0 Å². The maximum absolute atomic E-state index is 12.7. The van der Waals surface area contributed by atoms with Crippen LogP contribution in [0, 0.1) is 10.8 Å². The quantitative estimate of drug-likeness (QED) is 0.178. The molecule has 0 radical (unpaired) electrons. The summed E-state index contributed by atoms with van der Waals surface area (Å²) in [6.45, 7) is 0. The standard InChI is InChI=1S/C21H20BrClO.C21H22BrCl/c22-17-5-6-19(23)18(13-17)20(24)16-3-1-14(2-4-16)15-7-9-21(10-8-15)11-12-21;22-19-5-6-20(23)18(14-19)13-15-1-3-16(4-2-15)17-7-9-21(10-8-17)11-12-21/h1-6,13,15H,7-12H2;1-6,14,17H,7-13H2. The molecular weight excluding hydrogens is 751 g/mol. The number of benzene rings is 4. The predicted octanol–water partition coefficient (Wildman–Crippen LogP) is 13.9. The van der Waals surface area contributed by atoms with E-state index >= 15 is 0 Å². The van der Waals surface area contributed by atoms with Crippen molar-refractivity contribution in [2.45, 2.75) is 95.3 Å². The second-order valence-corrected chi connectivity index (χ2v) is 17.4. The molecule has 0 unspecified atom stereocenters. The van der Waals surface area contributed by atoms with Gasteiger partial charge in [0.25, 0.3) is 0 Å². The highest BCUT2D eigenvalue weighted by Gasteiger charge is 2.45. The highest BCUT2D eigenvalue weighted by Crippen LogP contribution is 2.59. The van der Waals surface area contributed by atoms with E-state index in [1.54, 1.807) is 12.1 Å². The maximum Gasteiger partial charge on any atom is 0.194 e. The zero-order valence-electron chi connectivity index (χ0n) is 26.9. The van der Waals surface area contributed by atoms with Crippen LogP contribution in [-0.4, -0.2) is 5.78 Å². The Kier molecular flexibility index (Phi) is 10.1. The van der Waals surface area contributed by atoms with E-state index in [-0.39, 0.29) is 5.78 Å². The molecule has 0 saturated heterocycles. The molecular formula is C42H42Br2Cl2O. The third-order valence-corrected chi connectivity index (χ3v) is 13.4. The monoisotopic (exact) mass is 790 g/mol. The lowest BCUT2D eigenvalue weighted by atomic mass is 9.77. The molecule has 4 saturated carbocycles. The van der Waals surface area contributed by atoms with E-state index in [1.807, 2.05) is 30.3 Å². The van der Waals surface area contributed by atoms with Crippen LogP contribution in [0.1, 0.15) is 127 Å². The highest BCUT2D eigenvalue weighted by molar-refractivity contribution is 9.10. The van der Waals surface area contributed by atoms with Crippen LogP contribution in [0.3, 0.4) is 0 Å². The average molecular weight is 794 g/mol. The molecule has 0 atom stereocenters.